The summed E-state index contributed by atoms with van der Waals surface area (Å²) in [6.45, 7) is 7.57. The molecule has 0 bridgehead atoms. The van der Waals surface area contributed by atoms with Crippen molar-refractivity contribution >= 4 is 11.8 Å². The lowest BCUT2D eigenvalue weighted by atomic mass is 10.2. The number of piperazine rings is 1. The quantitative estimate of drug-likeness (QED) is 0.862. The Hall–Kier alpha value is -2.57. The van der Waals surface area contributed by atoms with E-state index in [-0.39, 0.29) is 17.7 Å². The molecular weight excluding hydrogens is 310 g/mol. The summed E-state index contributed by atoms with van der Waals surface area (Å²) < 4.78 is 10.7. The Bertz CT molecular complexity index is 725. The number of nitrogens with zero attached hydrogens (tertiary/aromatic N) is 3. The minimum absolute atomic E-state index is 0.132. The number of hydrogen-bond acceptors (Lipinski definition) is 5. The van der Waals surface area contributed by atoms with Gasteiger partial charge in [0.05, 0.1) is 6.26 Å². The van der Waals surface area contributed by atoms with Crippen LogP contribution in [-0.4, -0.2) is 52.8 Å². The molecule has 0 saturated carbocycles. The van der Waals surface area contributed by atoms with E-state index < -0.39 is 0 Å². The summed E-state index contributed by atoms with van der Waals surface area (Å²) in [4.78, 5) is 32.6. The van der Waals surface area contributed by atoms with Crippen molar-refractivity contribution in [3.63, 3.8) is 0 Å². The van der Waals surface area contributed by atoms with Crippen LogP contribution < -0.4 is 0 Å². The van der Waals surface area contributed by atoms with E-state index in [1.807, 2.05) is 13.8 Å². The van der Waals surface area contributed by atoms with Gasteiger partial charge < -0.3 is 18.6 Å². The summed E-state index contributed by atoms with van der Waals surface area (Å²) in [5.41, 5.74) is 0.365. The van der Waals surface area contributed by atoms with Crippen molar-refractivity contribution in [2.45, 2.75) is 26.7 Å². The van der Waals surface area contributed by atoms with Gasteiger partial charge in [0.1, 0.15) is 5.76 Å². The highest BCUT2D eigenvalue weighted by Crippen LogP contribution is 2.20. The van der Waals surface area contributed by atoms with Crippen LogP contribution in [0, 0.1) is 6.92 Å². The van der Waals surface area contributed by atoms with Gasteiger partial charge in [-0.15, -0.1) is 0 Å². The molecule has 7 nitrogen and oxygen atoms in total. The number of rotatable bonds is 3. The van der Waals surface area contributed by atoms with Gasteiger partial charge in [-0.3, -0.25) is 9.59 Å². The van der Waals surface area contributed by atoms with E-state index in [0.29, 0.717) is 49.3 Å². The predicted molar refractivity (Wildman–Crippen MR) is 85.8 cm³/mol. The van der Waals surface area contributed by atoms with Crippen LogP contribution in [0.1, 0.15) is 52.5 Å². The Kier molecular flexibility index (Phi) is 4.42. The summed E-state index contributed by atoms with van der Waals surface area (Å²) in [6.07, 6.45) is 1.48. The Morgan fingerprint density at radius 3 is 2.25 bits per heavy atom. The van der Waals surface area contributed by atoms with Gasteiger partial charge in [0.2, 0.25) is 0 Å². The first-order valence-corrected chi connectivity index (χ1v) is 8.06. The van der Waals surface area contributed by atoms with Gasteiger partial charge in [-0.25, -0.2) is 4.98 Å². The van der Waals surface area contributed by atoms with Crippen molar-refractivity contribution in [1.29, 1.82) is 0 Å². The van der Waals surface area contributed by atoms with Crippen LogP contribution in [0.3, 0.4) is 0 Å². The number of oxazole rings is 1. The maximum atomic E-state index is 12.6. The van der Waals surface area contributed by atoms with Crippen LogP contribution in [0.5, 0.6) is 0 Å². The van der Waals surface area contributed by atoms with Gasteiger partial charge in [0.15, 0.2) is 17.3 Å². The van der Waals surface area contributed by atoms with Gasteiger partial charge in [0.25, 0.3) is 11.8 Å². The molecule has 0 spiro atoms. The molecule has 1 aliphatic heterocycles. The Morgan fingerprint density at radius 1 is 1.12 bits per heavy atom. The molecular formula is C17H21N3O4. The molecule has 2 aromatic rings. The van der Waals surface area contributed by atoms with Crippen LogP contribution in [0.15, 0.2) is 27.2 Å². The van der Waals surface area contributed by atoms with Gasteiger partial charge in [-0.1, -0.05) is 13.8 Å². The summed E-state index contributed by atoms with van der Waals surface area (Å²) in [6, 6.07) is 3.33. The first-order chi connectivity index (χ1) is 11.5. The lowest BCUT2D eigenvalue weighted by Crippen LogP contribution is -2.50. The van der Waals surface area contributed by atoms with Crippen LogP contribution in [-0.2, 0) is 0 Å². The normalized spacial score (nSPS) is 15.2. The van der Waals surface area contributed by atoms with Crippen molar-refractivity contribution in [2.24, 2.45) is 0 Å². The van der Waals surface area contributed by atoms with Crippen LogP contribution in [0.25, 0.3) is 0 Å². The van der Waals surface area contributed by atoms with E-state index in [1.165, 1.54) is 6.26 Å². The van der Waals surface area contributed by atoms with Crippen LogP contribution in [0.2, 0.25) is 0 Å². The van der Waals surface area contributed by atoms with Crippen molar-refractivity contribution in [2.75, 3.05) is 26.2 Å². The standard InChI is InChI=1S/C17H21N3O4/c1-11(2)15-18-14(12(3)24-15)17(22)20-8-6-19(7-9-20)16(21)13-5-4-10-23-13/h4-5,10-11H,6-9H2,1-3H3. The smallest absolute Gasteiger partial charge is 0.289 e. The Labute approximate surface area is 140 Å². The average Bonchev–Trinajstić information content (AvgIpc) is 3.23. The lowest BCUT2D eigenvalue weighted by molar-refractivity contribution is 0.0514. The molecule has 2 aromatic heterocycles. The van der Waals surface area contributed by atoms with Gasteiger partial charge in [0, 0.05) is 32.1 Å². The molecule has 24 heavy (non-hydrogen) atoms. The second-order valence-electron chi connectivity index (χ2n) is 6.17. The van der Waals surface area contributed by atoms with Crippen LogP contribution >= 0.6 is 0 Å². The molecule has 1 aliphatic rings. The summed E-state index contributed by atoms with van der Waals surface area (Å²) >= 11 is 0. The third-order valence-electron chi connectivity index (χ3n) is 4.10. The summed E-state index contributed by atoms with van der Waals surface area (Å²) in [5.74, 6) is 1.28. The van der Waals surface area contributed by atoms with E-state index in [0.717, 1.165) is 0 Å². The number of furan rings is 1. The number of carbonyl (C=O) groups excluding carboxylic acids is 2. The SMILES string of the molecule is Cc1oc(C(C)C)nc1C(=O)N1CCN(C(=O)c2ccco2)CC1. The van der Waals surface area contributed by atoms with E-state index >= 15 is 0 Å². The topological polar surface area (TPSA) is 79.8 Å². The Morgan fingerprint density at radius 2 is 1.75 bits per heavy atom. The monoisotopic (exact) mass is 331 g/mol. The molecule has 0 aromatic carbocycles. The van der Waals surface area contributed by atoms with Gasteiger partial charge in [-0.2, -0.15) is 0 Å². The summed E-state index contributed by atoms with van der Waals surface area (Å²) in [5, 5.41) is 0. The fourth-order valence-corrected chi connectivity index (χ4v) is 2.68. The zero-order chi connectivity index (χ0) is 17.3. The van der Waals surface area contributed by atoms with E-state index in [9.17, 15) is 9.59 Å². The van der Waals surface area contributed by atoms with Gasteiger partial charge >= 0.3 is 0 Å². The zero-order valence-corrected chi connectivity index (χ0v) is 14.1. The highest BCUT2D eigenvalue weighted by Gasteiger charge is 2.29. The van der Waals surface area contributed by atoms with Crippen molar-refractivity contribution < 1.29 is 18.4 Å². The molecule has 2 amide bonds. The number of amides is 2. The minimum atomic E-state index is -0.146. The molecule has 0 atom stereocenters. The molecule has 3 heterocycles. The molecule has 0 aliphatic carbocycles. The number of aryl methyl sites for hydroxylation is 1. The van der Waals surface area contributed by atoms with Crippen molar-refractivity contribution in [3.05, 3.63) is 41.5 Å². The van der Waals surface area contributed by atoms with Crippen molar-refractivity contribution in [1.82, 2.24) is 14.8 Å². The Balaban J connectivity index is 1.64. The number of carbonyl (C=O) groups is 2. The molecule has 0 unspecified atom stereocenters. The molecule has 1 saturated heterocycles. The maximum absolute atomic E-state index is 12.6. The second kappa shape index (κ2) is 6.51. The minimum Gasteiger partial charge on any atom is -0.459 e. The highest BCUT2D eigenvalue weighted by atomic mass is 16.4. The predicted octanol–water partition coefficient (Wildman–Crippen LogP) is 2.30. The lowest BCUT2D eigenvalue weighted by Gasteiger charge is -2.34. The fourth-order valence-electron chi connectivity index (χ4n) is 2.68. The van der Waals surface area contributed by atoms with Crippen molar-refractivity contribution in [3.8, 4) is 0 Å². The first-order valence-electron chi connectivity index (χ1n) is 8.06. The number of hydrogen-bond donors (Lipinski definition) is 0. The van der Waals surface area contributed by atoms with E-state index in [2.05, 4.69) is 4.98 Å². The van der Waals surface area contributed by atoms with Gasteiger partial charge in [-0.05, 0) is 19.1 Å². The maximum Gasteiger partial charge on any atom is 0.289 e. The second-order valence-corrected chi connectivity index (χ2v) is 6.17. The molecule has 0 N–H and O–H groups in total. The number of aromatic nitrogens is 1. The third-order valence-corrected chi connectivity index (χ3v) is 4.10. The summed E-state index contributed by atoms with van der Waals surface area (Å²) in [7, 11) is 0. The first kappa shape index (κ1) is 16.3. The average molecular weight is 331 g/mol. The molecule has 128 valence electrons. The molecule has 3 rings (SSSR count). The highest BCUT2D eigenvalue weighted by molar-refractivity contribution is 5.94. The fraction of sp³-hybridized carbons (Fsp3) is 0.471. The van der Waals surface area contributed by atoms with E-state index in [1.54, 1.807) is 28.9 Å². The largest absolute Gasteiger partial charge is 0.459 e. The molecule has 0 radical (unpaired) electrons. The van der Waals surface area contributed by atoms with Crippen LogP contribution in [0.4, 0.5) is 0 Å². The van der Waals surface area contributed by atoms with E-state index in [4.69, 9.17) is 8.83 Å². The molecule has 7 heteroatoms. The molecule has 1 fully saturated rings. The zero-order valence-electron chi connectivity index (χ0n) is 14.1. The third kappa shape index (κ3) is 3.06.